The summed E-state index contributed by atoms with van der Waals surface area (Å²) in [5.74, 6) is 4.06. The zero-order valence-corrected chi connectivity index (χ0v) is 15.7. The highest BCUT2D eigenvalue weighted by molar-refractivity contribution is 5.91. The Morgan fingerprint density at radius 1 is 1.17 bits per heavy atom. The van der Waals surface area contributed by atoms with Crippen molar-refractivity contribution in [2.24, 2.45) is 34.5 Å². The molecule has 5 rings (SSSR count). The van der Waals surface area contributed by atoms with Gasteiger partial charge in [-0.1, -0.05) is 12.5 Å². The number of carbonyl (C=O) groups is 1. The van der Waals surface area contributed by atoms with Crippen LogP contribution in [0.5, 0.6) is 0 Å². The van der Waals surface area contributed by atoms with Crippen molar-refractivity contribution in [1.29, 1.82) is 0 Å². The number of hydrogen-bond donors (Lipinski definition) is 0. The minimum Gasteiger partial charge on any atom is -0.303 e. The third-order valence-corrected chi connectivity index (χ3v) is 9.47. The van der Waals surface area contributed by atoms with E-state index in [2.05, 4.69) is 25.8 Å². The first-order chi connectivity index (χ1) is 11.4. The van der Waals surface area contributed by atoms with Crippen LogP contribution in [0.4, 0.5) is 0 Å². The molecule has 0 aromatic rings. The summed E-state index contributed by atoms with van der Waals surface area (Å²) >= 11 is 0. The number of ketones is 1. The summed E-state index contributed by atoms with van der Waals surface area (Å²) < 4.78 is 0. The van der Waals surface area contributed by atoms with Gasteiger partial charge in [0.2, 0.25) is 0 Å². The van der Waals surface area contributed by atoms with E-state index in [-0.39, 0.29) is 0 Å². The fourth-order valence-corrected chi connectivity index (χ4v) is 8.09. The molecule has 0 radical (unpaired) electrons. The highest BCUT2D eigenvalue weighted by atomic mass is 16.1. The number of nitrogens with zero attached hydrogens (tertiary/aromatic N) is 1. The summed E-state index contributed by atoms with van der Waals surface area (Å²) in [4.78, 5) is 14.6. The van der Waals surface area contributed by atoms with Gasteiger partial charge in [-0.15, -0.1) is 0 Å². The molecular formula is C22H33NO. The maximum absolute atomic E-state index is 11.9. The molecule has 2 nitrogen and oxygen atoms in total. The average Bonchev–Trinajstić information content (AvgIpc) is 2.89. The molecule has 1 heterocycles. The highest BCUT2D eigenvalue weighted by Gasteiger charge is 2.61. The molecule has 0 N–H and O–H groups in total. The molecule has 0 aromatic heterocycles. The first-order valence-corrected chi connectivity index (χ1v) is 10.4. The Labute approximate surface area is 147 Å². The molecule has 7 atom stereocenters. The van der Waals surface area contributed by atoms with E-state index in [1.165, 1.54) is 50.6 Å². The molecule has 1 aliphatic heterocycles. The summed E-state index contributed by atoms with van der Waals surface area (Å²) in [5, 5.41) is 0. The Balaban J connectivity index is 1.49. The summed E-state index contributed by atoms with van der Waals surface area (Å²) in [6.45, 7) is 6.31. The Kier molecular flexibility index (Phi) is 3.23. The summed E-state index contributed by atoms with van der Waals surface area (Å²) in [6, 6.07) is 0.779. The van der Waals surface area contributed by atoms with Gasteiger partial charge in [-0.3, -0.25) is 4.79 Å². The van der Waals surface area contributed by atoms with E-state index in [0.29, 0.717) is 16.6 Å². The molecule has 1 saturated heterocycles. The maximum Gasteiger partial charge on any atom is 0.155 e. The Bertz CT molecular complexity index is 609. The predicted molar refractivity (Wildman–Crippen MR) is 96.6 cm³/mol. The van der Waals surface area contributed by atoms with Crippen LogP contribution < -0.4 is 0 Å². The van der Waals surface area contributed by atoms with E-state index in [1.54, 1.807) is 0 Å². The van der Waals surface area contributed by atoms with Gasteiger partial charge < -0.3 is 4.90 Å². The maximum atomic E-state index is 11.9. The molecule has 24 heavy (non-hydrogen) atoms. The monoisotopic (exact) mass is 327 g/mol. The summed E-state index contributed by atoms with van der Waals surface area (Å²) in [5.41, 5.74) is 2.49. The van der Waals surface area contributed by atoms with Gasteiger partial charge in [-0.25, -0.2) is 0 Å². The van der Waals surface area contributed by atoms with E-state index >= 15 is 0 Å². The largest absolute Gasteiger partial charge is 0.303 e. The second kappa shape index (κ2) is 4.96. The predicted octanol–water partition coefficient (Wildman–Crippen LogP) is 4.45. The number of likely N-dealkylation sites (tertiary alicyclic amines) is 1. The van der Waals surface area contributed by atoms with Crippen LogP contribution in [0.25, 0.3) is 0 Å². The highest BCUT2D eigenvalue weighted by Crippen LogP contribution is 2.67. The standard InChI is InChI=1S/C22H33NO/c1-14-15-10-20-18-5-4-16-11-17(24)6-8-21(16,2)19(18)7-9-22(20,12-15)13-23(14)3/h11,14-15,18-20H,4-10,12-13H2,1-3H3/t14-,15-,18+,19-,20-,21-,22+/m0/s1. The third-order valence-electron chi connectivity index (χ3n) is 9.47. The van der Waals surface area contributed by atoms with Gasteiger partial charge in [-0.05, 0) is 99.5 Å². The summed E-state index contributed by atoms with van der Waals surface area (Å²) in [7, 11) is 2.36. The third kappa shape index (κ3) is 1.90. The molecule has 132 valence electrons. The zero-order valence-electron chi connectivity index (χ0n) is 15.7. The van der Waals surface area contributed by atoms with E-state index in [0.717, 1.165) is 42.6 Å². The van der Waals surface area contributed by atoms with E-state index < -0.39 is 0 Å². The van der Waals surface area contributed by atoms with Gasteiger partial charge in [0, 0.05) is 19.0 Å². The molecule has 2 heteroatoms. The van der Waals surface area contributed by atoms with E-state index in [1.807, 2.05) is 6.08 Å². The molecule has 4 aliphatic carbocycles. The molecule has 1 spiro atoms. The minimum absolute atomic E-state index is 0.340. The van der Waals surface area contributed by atoms with Crippen molar-refractivity contribution >= 4 is 5.78 Å². The lowest BCUT2D eigenvalue weighted by Gasteiger charge is -2.58. The Hall–Kier alpha value is -0.630. The zero-order chi connectivity index (χ0) is 16.7. The Morgan fingerprint density at radius 2 is 2.00 bits per heavy atom. The lowest BCUT2D eigenvalue weighted by Crippen LogP contribution is -2.54. The molecule has 0 aromatic carbocycles. The van der Waals surface area contributed by atoms with Crippen molar-refractivity contribution < 1.29 is 4.79 Å². The quantitative estimate of drug-likeness (QED) is 0.655. The van der Waals surface area contributed by atoms with Crippen LogP contribution in [0.2, 0.25) is 0 Å². The van der Waals surface area contributed by atoms with Crippen molar-refractivity contribution in [3.63, 3.8) is 0 Å². The van der Waals surface area contributed by atoms with Crippen LogP contribution in [0.1, 0.15) is 65.2 Å². The second-order valence-corrected chi connectivity index (χ2v) is 10.2. The van der Waals surface area contributed by atoms with Crippen molar-refractivity contribution in [1.82, 2.24) is 4.90 Å². The van der Waals surface area contributed by atoms with Crippen LogP contribution in [-0.4, -0.2) is 30.3 Å². The SMILES string of the molecule is C[C@H]1[C@H]2C[C@H]3[C@@H]4CCC5=CC(=O)CC[C@]5(C)[C@H]4CC[C@@]3(C2)CN1C. The number of allylic oxidation sites excluding steroid dienone is 1. The first kappa shape index (κ1) is 15.6. The smallest absolute Gasteiger partial charge is 0.155 e. The van der Waals surface area contributed by atoms with Crippen molar-refractivity contribution in [3.8, 4) is 0 Å². The van der Waals surface area contributed by atoms with Crippen LogP contribution in [0.15, 0.2) is 11.6 Å². The molecule has 4 fully saturated rings. The average molecular weight is 328 g/mol. The number of hydrogen-bond acceptors (Lipinski definition) is 2. The van der Waals surface area contributed by atoms with E-state index in [4.69, 9.17) is 0 Å². The fourth-order valence-electron chi connectivity index (χ4n) is 8.09. The lowest BCUT2D eigenvalue weighted by molar-refractivity contribution is -0.117. The first-order valence-electron chi connectivity index (χ1n) is 10.4. The van der Waals surface area contributed by atoms with Crippen LogP contribution >= 0.6 is 0 Å². The van der Waals surface area contributed by atoms with Gasteiger partial charge in [0.05, 0.1) is 0 Å². The van der Waals surface area contributed by atoms with Gasteiger partial charge in [0.25, 0.3) is 0 Å². The number of fused-ring (bicyclic) bond motifs is 5. The van der Waals surface area contributed by atoms with Crippen molar-refractivity contribution in [2.75, 3.05) is 13.6 Å². The molecule has 3 saturated carbocycles. The van der Waals surface area contributed by atoms with Crippen LogP contribution in [0.3, 0.4) is 0 Å². The topological polar surface area (TPSA) is 20.3 Å². The van der Waals surface area contributed by atoms with Crippen molar-refractivity contribution in [2.45, 2.75) is 71.3 Å². The normalized spacial score (nSPS) is 53.9. The van der Waals surface area contributed by atoms with Crippen LogP contribution in [-0.2, 0) is 4.79 Å². The number of carbonyl (C=O) groups excluding carboxylic acids is 1. The minimum atomic E-state index is 0.340. The van der Waals surface area contributed by atoms with Gasteiger partial charge in [0.15, 0.2) is 5.78 Å². The molecular weight excluding hydrogens is 294 g/mol. The van der Waals surface area contributed by atoms with Gasteiger partial charge in [-0.2, -0.15) is 0 Å². The summed E-state index contributed by atoms with van der Waals surface area (Å²) in [6.07, 6.45) is 12.4. The fraction of sp³-hybridized carbons (Fsp3) is 0.864. The second-order valence-electron chi connectivity index (χ2n) is 10.2. The van der Waals surface area contributed by atoms with Gasteiger partial charge in [0.1, 0.15) is 0 Å². The lowest BCUT2D eigenvalue weighted by atomic mass is 9.47. The van der Waals surface area contributed by atoms with Gasteiger partial charge >= 0.3 is 0 Å². The molecule has 5 aliphatic rings. The van der Waals surface area contributed by atoms with E-state index in [9.17, 15) is 4.79 Å². The molecule has 2 bridgehead atoms. The molecule has 0 unspecified atom stereocenters. The molecule has 0 amide bonds. The number of piperidine rings is 1. The Morgan fingerprint density at radius 3 is 2.83 bits per heavy atom. The number of rotatable bonds is 0. The van der Waals surface area contributed by atoms with Crippen molar-refractivity contribution in [3.05, 3.63) is 11.6 Å². The van der Waals surface area contributed by atoms with Crippen LogP contribution in [0, 0.1) is 34.5 Å².